The van der Waals surface area contributed by atoms with E-state index in [1.165, 1.54) is 18.7 Å². The third-order valence-corrected chi connectivity index (χ3v) is 3.77. The van der Waals surface area contributed by atoms with Crippen LogP contribution in [-0.4, -0.2) is 10.7 Å². The average molecular weight is 342 g/mol. The van der Waals surface area contributed by atoms with Crippen molar-refractivity contribution in [1.29, 1.82) is 5.26 Å². The van der Waals surface area contributed by atoms with Gasteiger partial charge in [-0.1, -0.05) is 27.4 Å². The fourth-order valence-electron chi connectivity index (χ4n) is 1.65. The summed E-state index contributed by atoms with van der Waals surface area (Å²) in [5, 5.41) is 11.4. The number of nitrogens with one attached hydrogen (secondary N) is 1. The molecule has 124 valence electrons. The second-order valence-electron chi connectivity index (χ2n) is 5.95. The van der Waals surface area contributed by atoms with Crippen LogP contribution in [0.25, 0.3) is 0 Å². The van der Waals surface area contributed by atoms with Crippen LogP contribution in [0.2, 0.25) is 0 Å². The number of alkyl halides is 3. The topological polar surface area (TPSA) is 52.9 Å². The molecule has 0 saturated heterocycles. The monoisotopic (exact) mass is 342 g/mol. The van der Waals surface area contributed by atoms with Crippen molar-refractivity contribution in [2.75, 3.05) is 5.32 Å². The molecule has 1 N–H and O–H groups in total. The van der Waals surface area contributed by atoms with Crippen molar-refractivity contribution in [1.82, 2.24) is 0 Å². The van der Waals surface area contributed by atoms with Crippen LogP contribution >= 0.6 is 11.8 Å². The Hall–Kier alpha value is -1.94. The van der Waals surface area contributed by atoms with Gasteiger partial charge < -0.3 is 5.32 Å². The van der Waals surface area contributed by atoms with Crippen LogP contribution in [0.1, 0.15) is 38.8 Å². The third-order valence-electron chi connectivity index (χ3n) is 2.60. The molecule has 0 aromatic heterocycles. The average Bonchev–Trinajstić information content (AvgIpc) is 2.36. The summed E-state index contributed by atoms with van der Waals surface area (Å²) in [6.07, 6.45) is -4.68. The number of rotatable bonds is 3. The van der Waals surface area contributed by atoms with Crippen LogP contribution in [0.5, 0.6) is 0 Å². The number of nitriles is 1. The lowest BCUT2D eigenvalue weighted by Gasteiger charge is -2.22. The molecule has 1 aromatic rings. The maximum atomic E-state index is 13.1. The Morgan fingerprint density at radius 1 is 1.30 bits per heavy atom. The number of halogens is 3. The zero-order chi connectivity index (χ0) is 18.0. The fraction of sp³-hybridized carbons (Fsp3) is 0.375. The highest BCUT2D eigenvalue weighted by Gasteiger charge is 2.35. The number of hydrogen-bond donors (Lipinski definition) is 1. The number of benzene rings is 1. The summed E-state index contributed by atoms with van der Waals surface area (Å²) in [6, 6.07) is 3.53. The van der Waals surface area contributed by atoms with Crippen molar-refractivity contribution in [2.24, 2.45) is 0 Å². The summed E-state index contributed by atoms with van der Waals surface area (Å²) >= 11 is 1.27. The van der Waals surface area contributed by atoms with Crippen LogP contribution in [0.15, 0.2) is 29.2 Å². The Morgan fingerprint density at radius 3 is 2.26 bits per heavy atom. The van der Waals surface area contributed by atoms with E-state index < -0.39 is 23.2 Å². The molecule has 1 rings (SSSR count). The van der Waals surface area contributed by atoms with Crippen LogP contribution < -0.4 is 5.32 Å². The number of carbonyl (C=O) groups excluding carboxylic acids is 1. The van der Waals surface area contributed by atoms with Gasteiger partial charge in [-0.25, -0.2) is 0 Å². The highest BCUT2D eigenvalue weighted by Crippen LogP contribution is 2.42. The second kappa shape index (κ2) is 6.67. The van der Waals surface area contributed by atoms with Gasteiger partial charge in [-0.15, -0.1) is 11.8 Å². The fourth-order valence-corrected chi connectivity index (χ4v) is 2.70. The van der Waals surface area contributed by atoms with Crippen LogP contribution in [0, 0.1) is 11.3 Å². The van der Waals surface area contributed by atoms with E-state index in [1.807, 2.05) is 20.8 Å². The predicted molar refractivity (Wildman–Crippen MR) is 85.2 cm³/mol. The zero-order valence-electron chi connectivity index (χ0n) is 13.3. The van der Waals surface area contributed by atoms with Gasteiger partial charge in [0.1, 0.15) is 0 Å². The van der Waals surface area contributed by atoms with E-state index in [1.54, 1.807) is 6.07 Å². The molecule has 7 heteroatoms. The molecule has 23 heavy (non-hydrogen) atoms. The minimum absolute atomic E-state index is 0.0178. The molecule has 0 saturated carbocycles. The van der Waals surface area contributed by atoms with Gasteiger partial charge in [-0.3, -0.25) is 4.79 Å². The molecule has 0 fully saturated rings. The summed E-state index contributed by atoms with van der Waals surface area (Å²) in [5.41, 5.74) is -1.35. The smallest absolute Gasteiger partial charge is 0.321 e. The number of thioether (sulfide) groups is 1. The molecular weight excluding hydrogens is 325 g/mol. The molecule has 0 atom stereocenters. The summed E-state index contributed by atoms with van der Waals surface area (Å²) in [7, 11) is 0. The van der Waals surface area contributed by atoms with Crippen molar-refractivity contribution >= 4 is 23.4 Å². The van der Waals surface area contributed by atoms with Gasteiger partial charge in [0.15, 0.2) is 0 Å². The standard InChI is InChI=1S/C16H17F3N2OS/c1-9(2)14(22)21-12-7-11(16(17,18)19)10(8-20)6-13(12)23-15(3,4)5/h6-7H,1H2,2-5H3,(H,21,22). The Bertz CT molecular complexity index is 682. The highest BCUT2D eigenvalue weighted by atomic mass is 32.2. The Balaban J connectivity index is 3.51. The quantitative estimate of drug-likeness (QED) is 0.622. The van der Waals surface area contributed by atoms with E-state index >= 15 is 0 Å². The molecule has 1 amide bonds. The lowest BCUT2D eigenvalue weighted by molar-refractivity contribution is -0.137. The van der Waals surface area contributed by atoms with E-state index in [0.717, 1.165) is 12.1 Å². The summed E-state index contributed by atoms with van der Waals surface area (Å²) in [5.74, 6) is -0.571. The third kappa shape index (κ3) is 5.32. The van der Waals surface area contributed by atoms with Crippen molar-refractivity contribution in [3.05, 3.63) is 35.4 Å². The van der Waals surface area contributed by atoms with Gasteiger partial charge in [-0.2, -0.15) is 18.4 Å². The summed E-state index contributed by atoms with van der Waals surface area (Å²) < 4.78 is 39.0. The normalized spacial score (nSPS) is 11.7. The largest absolute Gasteiger partial charge is 0.417 e. The molecule has 0 unspecified atom stereocenters. The van der Waals surface area contributed by atoms with Gasteiger partial charge >= 0.3 is 6.18 Å². The number of hydrogen-bond acceptors (Lipinski definition) is 3. The highest BCUT2D eigenvalue weighted by molar-refractivity contribution is 8.00. The Labute approximate surface area is 137 Å². The van der Waals surface area contributed by atoms with Crippen molar-refractivity contribution < 1.29 is 18.0 Å². The first-order valence-electron chi connectivity index (χ1n) is 6.66. The number of carbonyl (C=O) groups is 1. The molecule has 0 aliphatic carbocycles. The Morgan fingerprint density at radius 2 is 1.87 bits per heavy atom. The minimum Gasteiger partial charge on any atom is -0.321 e. The van der Waals surface area contributed by atoms with Crippen LogP contribution in [0.4, 0.5) is 18.9 Å². The first-order chi connectivity index (χ1) is 10.3. The van der Waals surface area contributed by atoms with Gasteiger partial charge in [0.25, 0.3) is 5.91 Å². The van der Waals surface area contributed by atoms with Crippen LogP contribution in [-0.2, 0) is 11.0 Å². The summed E-state index contributed by atoms with van der Waals surface area (Å²) in [6.45, 7) is 10.6. The Kier molecular flexibility index (Phi) is 5.54. The maximum Gasteiger partial charge on any atom is 0.417 e. The lowest BCUT2D eigenvalue weighted by atomic mass is 10.1. The molecule has 0 bridgehead atoms. The van der Waals surface area contributed by atoms with E-state index in [-0.39, 0.29) is 16.0 Å². The molecule has 0 spiro atoms. The molecule has 0 aliphatic heterocycles. The van der Waals surface area contributed by atoms with Crippen LogP contribution in [0.3, 0.4) is 0 Å². The molecule has 0 heterocycles. The SMILES string of the molecule is C=C(C)C(=O)Nc1cc(C(F)(F)F)c(C#N)cc1SC(C)(C)C. The number of anilines is 1. The van der Waals surface area contributed by atoms with E-state index in [0.29, 0.717) is 4.90 Å². The number of amides is 1. The second-order valence-corrected chi connectivity index (χ2v) is 7.82. The molecule has 0 aliphatic rings. The van der Waals surface area contributed by atoms with Crippen molar-refractivity contribution in [3.63, 3.8) is 0 Å². The van der Waals surface area contributed by atoms with E-state index in [9.17, 15) is 18.0 Å². The van der Waals surface area contributed by atoms with Crippen molar-refractivity contribution in [3.8, 4) is 6.07 Å². The summed E-state index contributed by atoms with van der Waals surface area (Å²) in [4.78, 5) is 12.2. The zero-order valence-corrected chi connectivity index (χ0v) is 14.1. The molecule has 3 nitrogen and oxygen atoms in total. The van der Waals surface area contributed by atoms with Gasteiger partial charge in [-0.05, 0) is 19.1 Å². The van der Waals surface area contributed by atoms with Crippen molar-refractivity contribution in [2.45, 2.75) is 43.5 Å². The van der Waals surface area contributed by atoms with Gasteiger partial charge in [0.05, 0.1) is 22.9 Å². The minimum atomic E-state index is -4.68. The van der Waals surface area contributed by atoms with Gasteiger partial charge in [0, 0.05) is 15.2 Å². The number of nitrogens with zero attached hydrogens (tertiary/aromatic N) is 1. The molecular formula is C16H17F3N2OS. The molecule has 1 aromatic carbocycles. The van der Waals surface area contributed by atoms with E-state index in [2.05, 4.69) is 11.9 Å². The lowest BCUT2D eigenvalue weighted by Crippen LogP contribution is -2.16. The maximum absolute atomic E-state index is 13.1. The van der Waals surface area contributed by atoms with Gasteiger partial charge in [0.2, 0.25) is 0 Å². The predicted octanol–water partition coefficient (Wildman–Crippen LogP) is 4.98. The van der Waals surface area contributed by atoms with E-state index in [4.69, 9.17) is 5.26 Å². The first-order valence-corrected chi connectivity index (χ1v) is 7.48. The first kappa shape index (κ1) is 19.1. The molecule has 0 radical (unpaired) electrons.